The lowest BCUT2D eigenvalue weighted by Crippen LogP contribution is -2.19. The number of aryl methyl sites for hydroxylation is 1. The molecule has 0 aliphatic carbocycles. The van der Waals surface area contributed by atoms with Gasteiger partial charge in [0.25, 0.3) is 0 Å². The summed E-state index contributed by atoms with van der Waals surface area (Å²) in [7, 11) is -1.97. The number of sulfonamides is 1. The lowest BCUT2D eigenvalue weighted by atomic mass is 10.1. The van der Waals surface area contributed by atoms with Gasteiger partial charge in [0.1, 0.15) is 0 Å². The van der Waals surface area contributed by atoms with Crippen molar-refractivity contribution in [2.75, 3.05) is 7.05 Å². The molecule has 0 amide bonds. The van der Waals surface area contributed by atoms with E-state index in [1.165, 1.54) is 7.05 Å². The molecule has 0 atom stereocenters. The maximum Gasteiger partial charge on any atom is 0.240 e. The van der Waals surface area contributed by atoms with Gasteiger partial charge in [0.05, 0.1) is 4.90 Å². The molecule has 3 N–H and O–H groups in total. The van der Waals surface area contributed by atoms with Crippen LogP contribution in [0.3, 0.4) is 0 Å². The molecule has 4 nitrogen and oxygen atoms in total. The maximum atomic E-state index is 11.5. The van der Waals surface area contributed by atoms with Gasteiger partial charge in [-0.15, -0.1) is 0 Å². The maximum absolute atomic E-state index is 11.5. The molecule has 0 radical (unpaired) electrons. The zero-order valence-corrected chi connectivity index (χ0v) is 9.76. The highest BCUT2D eigenvalue weighted by molar-refractivity contribution is 7.89. The molecule has 84 valence electrons. The first kappa shape index (κ1) is 12.2. The third-order valence-corrected chi connectivity index (χ3v) is 3.77. The summed E-state index contributed by atoms with van der Waals surface area (Å²) in [5, 5.41) is 0. The van der Waals surface area contributed by atoms with Crippen LogP contribution < -0.4 is 10.5 Å². The monoisotopic (exact) mass is 228 g/mol. The van der Waals surface area contributed by atoms with E-state index in [0.29, 0.717) is 6.54 Å². The van der Waals surface area contributed by atoms with Gasteiger partial charge in [-0.2, -0.15) is 0 Å². The summed E-state index contributed by atoms with van der Waals surface area (Å²) in [5.74, 6) is 0. The van der Waals surface area contributed by atoms with Crippen molar-refractivity contribution in [3.8, 4) is 0 Å². The van der Waals surface area contributed by atoms with Crippen LogP contribution in [-0.2, 0) is 23.0 Å². The SMILES string of the molecule is CCc1ccc(S(=O)(=O)NC)cc1CN. The summed E-state index contributed by atoms with van der Waals surface area (Å²) in [4.78, 5) is 0.266. The number of hydrogen-bond donors (Lipinski definition) is 2. The predicted molar refractivity (Wildman–Crippen MR) is 60.0 cm³/mol. The van der Waals surface area contributed by atoms with Crippen molar-refractivity contribution in [1.82, 2.24) is 4.72 Å². The number of benzene rings is 1. The summed E-state index contributed by atoms with van der Waals surface area (Å²) in [6.45, 7) is 2.37. The molecule has 0 saturated carbocycles. The van der Waals surface area contributed by atoms with Crippen molar-refractivity contribution in [2.45, 2.75) is 24.8 Å². The number of nitrogens with two attached hydrogens (primary N) is 1. The van der Waals surface area contributed by atoms with E-state index in [-0.39, 0.29) is 4.90 Å². The van der Waals surface area contributed by atoms with E-state index in [0.717, 1.165) is 17.5 Å². The third-order valence-electron chi connectivity index (χ3n) is 2.36. The predicted octanol–water partition coefficient (Wildman–Crippen LogP) is 0.616. The first-order valence-electron chi connectivity index (χ1n) is 4.80. The van der Waals surface area contributed by atoms with Crippen LogP contribution >= 0.6 is 0 Å². The highest BCUT2D eigenvalue weighted by Crippen LogP contribution is 2.16. The fraction of sp³-hybridized carbons (Fsp3) is 0.400. The first-order chi connectivity index (χ1) is 7.05. The van der Waals surface area contributed by atoms with E-state index in [1.54, 1.807) is 12.1 Å². The third kappa shape index (κ3) is 2.56. The van der Waals surface area contributed by atoms with E-state index in [2.05, 4.69) is 4.72 Å². The van der Waals surface area contributed by atoms with E-state index < -0.39 is 10.0 Å². The minimum absolute atomic E-state index is 0.266. The Morgan fingerprint density at radius 1 is 1.33 bits per heavy atom. The van der Waals surface area contributed by atoms with Crippen molar-refractivity contribution < 1.29 is 8.42 Å². The summed E-state index contributed by atoms with van der Waals surface area (Å²) < 4.78 is 25.3. The largest absolute Gasteiger partial charge is 0.326 e. The quantitative estimate of drug-likeness (QED) is 0.793. The Morgan fingerprint density at radius 3 is 2.47 bits per heavy atom. The van der Waals surface area contributed by atoms with Gasteiger partial charge in [0.2, 0.25) is 10.0 Å². The normalized spacial score (nSPS) is 11.7. The minimum atomic E-state index is -3.36. The Labute approximate surface area is 90.5 Å². The second-order valence-electron chi connectivity index (χ2n) is 3.20. The number of hydrogen-bond acceptors (Lipinski definition) is 3. The summed E-state index contributed by atoms with van der Waals surface area (Å²) in [6, 6.07) is 5.04. The molecular formula is C10H16N2O2S. The molecule has 1 aromatic rings. The van der Waals surface area contributed by atoms with Crippen LogP contribution in [-0.4, -0.2) is 15.5 Å². The molecule has 0 aliphatic heterocycles. The van der Waals surface area contributed by atoms with Crippen molar-refractivity contribution in [2.24, 2.45) is 5.73 Å². The molecule has 1 aromatic carbocycles. The van der Waals surface area contributed by atoms with Gasteiger partial charge in [-0.25, -0.2) is 13.1 Å². The van der Waals surface area contributed by atoms with Crippen LogP contribution in [0, 0.1) is 0 Å². The lowest BCUT2D eigenvalue weighted by Gasteiger charge is -2.08. The number of nitrogens with one attached hydrogen (secondary N) is 1. The molecule has 0 aliphatic rings. The Balaban J connectivity index is 3.26. The topological polar surface area (TPSA) is 72.2 Å². The van der Waals surface area contributed by atoms with Crippen LogP contribution in [0.4, 0.5) is 0 Å². The first-order valence-corrected chi connectivity index (χ1v) is 6.29. The lowest BCUT2D eigenvalue weighted by molar-refractivity contribution is 0.588. The molecule has 0 unspecified atom stereocenters. The summed E-state index contributed by atoms with van der Waals surface area (Å²) >= 11 is 0. The highest BCUT2D eigenvalue weighted by Gasteiger charge is 2.12. The Morgan fingerprint density at radius 2 is 2.00 bits per heavy atom. The van der Waals surface area contributed by atoms with E-state index in [9.17, 15) is 8.42 Å². The van der Waals surface area contributed by atoms with Gasteiger partial charge in [-0.05, 0) is 36.7 Å². The summed E-state index contributed by atoms with van der Waals surface area (Å²) in [6.07, 6.45) is 0.854. The molecule has 0 spiro atoms. The fourth-order valence-corrected chi connectivity index (χ4v) is 2.20. The Bertz CT molecular complexity index is 441. The van der Waals surface area contributed by atoms with Crippen molar-refractivity contribution in [1.29, 1.82) is 0 Å². The second-order valence-corrected chi connectivity index (χ2v) is 5.08. The van der Waals surface area contributed by atoms with Crippen molar-refractivity contribution >= 4 is 10.0 Å². The molecule has 0 bridgehead atoms. The van der Waals surface area contributed by atoms with Gasteiger partial charge in [0, 0.05) is 6.54 Å². The van der Waals surface area contributed by atoms with Gasteiger partial charge < -0.3 is 5.73 Å². The standard InChI is InChI=1S/C10H16N2O2S/c1-3-8-4-5-10(6-9(8)7-11)15(13,14)12-2/h4-6,12H,3,7,11H2,1-2H3. The smallest absolute Gasteiger partial charge is 0.240 e. The molecular weight excluding hydrogens is 212 g/mol. The van der Waals surface area contributed by atoms with E-state index in [1.807, 2.05) is 13.0 Å². The zero-order valence-electron chi connectivity index (χ0n) is 8.95. The number of rotatable bonds is 4. The molecule has 1 rings (SSSR count). The van der Waals surface area contributed by atoms with E-state index in [4.69, 9.17) is 5.73 Å². The van der Waals surface area contributed by atoms with Crippen LogP contribution in [0.15, 0.2) is 23.1 Å². The molecule has 0 fully saturated rings. The van der Waals surface area contributed by atoms with Crippen molar-refractivity contribution in [3.63, 3.8) is 0 Å². The molecule has 5 heteroatoms. The van der Waals surface area contributed by atoms with Crippen molar-refractivity contribution in [3.05, 3.63) is 29.3 Å². The molecule has 0 heterocycles. The van der Waals surface area contributed by atoms with Gasteiger partial charge in [0.15, 0.2) is 0 Å². The second kappa shape index (κ2) is 4.74. The minimum Gasteiger partial charge on any atom is -0.326 e. The van der Waals surface area contributed by atoms with E-state index >= 15 is 0 Å². The average Bonchev–Trinajstić information content (AvgIpc) is 2.28. The zero-order chi connectivity index (χ0) is 11.5. The fourth-order valence-electron chi connectivity index (χ4n) is 1.42. The van der Waals surface area contributed by atoms with Crippen LogP contribution in [0.1, 0.15) is 18.1 Å². The highest BCUT2D eigenvalue weighted by atomic mass is 32.2. The molecule has 0 saturated heterocycles. The van der Waals surface area contributed by atoms with Crippen LogP contribution in [0.5, 0.6) is 0 Å². The average molecular weight is 228 g/mol. The Kier molecular flexibility index (Phi) is 3.84. The van der Waals surface area contributed by atoms with Crippen LogP contribution in [0.25, 0.3) is 0 Å². The molecule has 0 aromatic heterocycles. The van der Waals surface area contributed by atoms with Gasteiger partial charge >= 0.3 is 0 Å². The van der Waals surface area contributed by atoms with Crippen LogP contribution in [0.2, 0.25) is 0 Å². The van der Waals surface area contributed by atoms with Gasteiger partial charge in [-0.3, -0.25) is 0 Å². The molecule has 15 heavy (non-hydrogen) atoms. The van der Waals surface area contributed by atoms with Gasteiger partial charge in [-0.1, -0.05) is 13.0 Å². The Hall–Kier alpha value is -0.910. The summed E-state index contributed by atoms with van der Waals surface area (Å²) in [5.41, 5.74) is 7.54.